The van der Waals surface area contributed by atoms with Crippen molar-refractivity contribution < 1.29 is 9.21 Å². The van der Waals surface area contributed by atoms with Crippen LogP contribution in [-0.2, 0) is 5.41 Å². The van der Waals surface area contributed by atoms with Gasteiger partial charge >= 0.3 is 0 Å². The molecule has 1 aromatic heterocycles. The molecule has 1 aliphatic carbocycles. The molecule has 19 heavy (non-hydrogen) atoms. The minimum atomic E-state index is -0.344. The van der Waals surface area contributed by atoms with Gasteiger partial charge in [-0.2, -0.15) is 0 Å². The third-order valence-electron chi connectivity index (χ3n) is 4.25. The number of hydrogen-bond donors (Lipinski definition) is 0. The maximum atomic E-state index is 12.9. The molecule has 0 radical (unpaired) electrons. The molecule has 1 fully saturated rings. The minimum Gasteiger partial charge on any atom is -0.472 e. The zero-order chi connectivity index (χ0) is 13.1. The largest absolute Gasteiger partial charge is 0.472 e. The van der Waals surface area contributed by atoms with Gasteiger partial charge in [0, 0.05) is 0 Å². The fourth-order valence-corrected chi connectivity index (χ4v) is 3.23. The monoisotopic (exact) mass is 254 g/mol. The first kappa shape index (κ1) is 12.2. The zero-order valence-electron chi connectivity index (χ0n) is 11.0. The third-order valence-corrected chi connectivity index (χ3v) is 4.25. The lowest BCUT2D eigenvalue weighted by Gasteiger charge is -2.36. The lowest BCUT2D eigenvalue weighted by atomic mass is 9.65. The molecule has 98 valence electrons. The van der Waals surface area contributed by atoms with E-state index < -0.39 is 0 Å². The van der Waals surface area contributed by atoms with Crippen LogP contribution >= 0.6 is 0 Å². The van der Waals surface area contributed by atoms with E-state index in [-0.39, 0.29) is 11.2 Å². The number of furan rings is 1. The van der Waals surface area contributed by atoms with E-state index in [1.807, 2.05) is 18.2 Å². The molecule has 2 aromatic rings. The number of benzene rings is 1. The van der Waals surface area contributed by atoms with Crippen molar-refractivity contribution in [2.75, 3.05) is 0 Å². The molecule has 3 rings (SSSR count). The lowest BCUT2D eigenvalue weighted by molar-refractivity contribution is 0.0838. The highest BCUT2D eigenvalue weighted by atomic mass is 16.3. The predicted molar refractivity (Wildman–Crippen MR) is 74.2 cm³/mol. The molecule has 0 unspecified atom stereocenters. The van der Waals surface area contributed by atoms with E-state index >= 15 is 0 Å². The second kappa shape index (κ2) is 5.04. The van der Waals surface area contributed by atoms with Crippen molar-refractivity contribution in [3.8, 4) is 0 Å². The van der Waals surface area contributed by atoms with E-state index in [1.165, 1.54) is 6.42 Å². The van der Waals surface area contributed by atoms with Crippen LogP contribution < -0.4 is 0 Å². The molecule has 0 bridgehead atoms. The molecule has 0 aliphatic heterocycles. The van der Waals surface area contributed by atoms with Crippen LogP contribution in [0.15, 0.2) is 53.3 Å². The first-order valence-electron chi connectivity index (χ1n) is 6.95. The zero-order valence-corrected chi connectivity index (χ0v) is 11.0. The van der Waals surface area contributed by atoms with Gasteiger partial charge in [0.2, 0.25) is 0 Å². The topological polar surface area (TPSA) is 30.2 Å². The summed E-state index contributed by atoms with van der Waals surface area (Å²) in [7, 11) is 0. The molecule has 0 spiro atoms. The highest BCUT2D eigenvalue weighted by Crippen LogP contribution is 2.42. The molecule has 2 nitrogen and oxygen atoms in total. The average Bonchev–Trinajstić information content (AvgIpc) is 3.02. The predicted octanol–water partition coefficient (Wildman–Crippen LogP) is 4.36. The highest BCUT2D eigenvalue weighted by Gasteiger charge is 2.41. The van der Waals surface area contributed by atoms with Crippen LogP contribution in [0.25, 0.3) is 0 Å². The van der Waals surface area contributed by atoms with Crippen molar-refractivity contribution >= 4 is 5.78 Å². The number of carbonyl (C=O) groups excluding carboxylic acids is 1. The van der Waals surface area contributed by atoms with Gasteiger partial charge in [-0.1, -0.05) is 49.6 Å². The molecular weight excluding hydrogens is 236 g/mol. The van der Waals surface area contributed by atoms with E-state index in [9.17, 15) is 4.79 Å². The van der Waals surface area contributed by atoms with Gasteiger partial charge in [0.05, 0.1) is 17.2 Å². The number of carbonyl (C=O) groups is 1. The fourth-order valence-electron chi connectivity index (χ4n) is 3.23. The Hall–Kier alpha value is -1.83. The van der Waals surface area contributed by atoms with Gasteiger partial charge in [-0.05, 0) is 24.5 Å². The smallest absolute Gasteiger partial charge is 0.176 e. The van der Waals surface area contributed by atoms with Crippen LogP contribution in [0, 0.1) is 0 Å². The quantitative estimate of drug-likeness (QED) is 0.761. The molecule has 1 saturated carbocycles. The van der Waals surface area contributed by atoms with Gasteiger partial charge in [-0.3, -0.25) is 4.79 Å². The standard InChI is InChI=1S/C17H18O2/c18-16(14-9-12-19-13-14)17(10-5-2-6-11-17)15-7-3-1-4-8-15/h1,3-4,7-9,12-13H,2,5-6,10-11H2. The second-order valence-electron chi connectivity index (χ2n) is 5.35. The van der Waals surface area contributed by atoms with Crippen molar-refractivity contribution in [2.45, 2.75) is 37.5 Å². The van der Waals surface area contributed by atoms with Crippen molar-refractivity contribution in [1.82, 2.24) is 0 Å². The molecule has 1 aromatic carbocycles. The molecular formula is C17H18O2. The van der Waals surface area contributed by atoms with Gasteiger partial charge in [-0.25, -0.2) is 0 Å². The Morgan fingerprint density at radius 1 is 1.00 bits per heavy atom. The van der Waals surface area contributed by atoms with Crippen LogP contribution in [0.4, 0.5) is 0 Å². The van der Waals surface area contributed by atoms with Crippen LogP contribution in [0.1, 0.15) is 48.0 Å². The molecule has 1 heterocycles. The minimum absolute atomic E-state index is 0.215. The Balaban J connectivity index is 2.04. The normalized spacial score (nSPS) is 18.1. The third kappa shape index (κ3) is 2.12. The molecule has 0 saturated heterocycles. The summed E-state index contributed by atoms with van der Waals surface area (Å²) >= 11 is 0. The van der Waals surface area contributed by atoms with E-state index in [0.717, 1.165) is 31.2 Å². The average molecular weight is 254 g/mol. The van der Waals surface area contributed by atoms with E-state index in [2.05, 4.69) is 12.1 Å². The Bertz CT molecular complexity index is 534. The van der Waals surface area contributed by atoms with Gasteiger partial charge < -0.3 is 4.42 Å². The number of ketones is 1. The Morgan fingerprint density at radius 3 is 2.37 bits per heavy atom. The summed E-state index contributed by atoms with van der Waals surface area (Å²) in [6.07, 6.45) is 8.52. The first-order valence-corrected chi connectivity index (χ1v) is 6.95. The Morgan fingerprint density at radius 2 is 1.74 bits per heavy atom. The van der Waals surface area contributed by atoms with Crippen LogP contribution in [0.3, 0.4) is 0 Å². The number of Topliss-reactive ketones (excluding diaryl/α,β-unsaturated/α-hetero) is 1. The summed E-state index contributed by atoms with van der Waals surface area (Å²) in [6, 6.07) is 12.0. The van der Waals surface area contributed by atoms with Crippen LogP contribution in [-0.4, -0.2) is 5.78 Å². The molecule has 2 heteroatoms. The lowest BCUT2D eigenvalue weighted by Crippen LogP contribution is -2.37. The second-order valence-corrected chi connectivity index (χ2v) is 5.35. The summed E-state index contributed by atoms with van der Waals surface area (Å²) in [5.41, 5.74) is 1.51. The molecule has 0 atom stereocenters. The van der Waals surface area contributed by atoms with Crippen molar-refractivity contribution in [3.05, 3.63) is 60.1 Å². The summed E-state index contributed by atoms with van der Waals surface area (Å²) in [6.45, 7) is 0. The SMILES string of the molecule is O=C(c1ccoc1)C1(c2ccccc2)CCCCC1. The van der Waals surface area contributed by atoms with Crippen LogP contribution in [0.2, 0.25) is 0 Å². The van der Waals surface area contributed by atoms with Gasteiger partial charge in [-0.15, -0.1) is 0 Å². The number of hydrogen-bond acceptors (Lipinski definition) is 2. The van der Waals surface area contributed by atoms with Crippen molar-refractivity contribution in [1.29, 1.82) is 0 Å². The summed E-state index contributed by atoms with van der Waals surface area (Å²) < 4.78 is 5.09. The maximum Gasteiger partial charge on any atom is 0.176 e. The summed E-state index contributed by atoms with van der Waals surface area (Å²) in [4.78, 5) is 12.9. The van der Waals surface area contributed by atoms with Crippen LogP contribution in [0.5, 0.6) is 0 Å². The van der Waals surface area contributed by atoms with Gasteiger partial charge in [0.1, 0.15) is 6.26 Å². The molecule has 1 aliphatic rings. The first-order chi connectivity index (χ1) is 9.33. The Labute approximate surface area is 113 Å². The Kier molecular flexibility index (Phi) is 3.24. The molecule has 0 N–H and O–H groups in total. The fraction of sp³-hybridized carbons (Fsp3) is 0.353. The van der Waals surface area contributed by atoms with Gasteiger partial charge in [0.15, 0.2) is 5.78 Å². The van der Waals surface area contributed by atoms with Crippen molar-refractivity contribution in [2.24, 2.45) is 0 Å². The highest BCUT2D eigenvalue weighted by molar-refractivity contribution is 6.04. The molecule has 0 amide bonds. The van der Waals surface area contributed by atoms with E-state index in [0.29, 0.717) is 5.56 Å². The van der Waals surface area contributed by atoms with E-state index in [1.54, 1.807) is 18.6 Å². The maximum absolute atomic E-state index is 12.9. The summed E-state index contributed by atoms with van der Waals surface area (Å²) in [5.74, 6) is 0.215. The van der Waals surface area contributed by atoms with Gasteiger partial charge in [0.25, 0.3) is 0 Å². The van der Waals surface area contributed by atoms with E-state index in [4.69, 9.17) is 4.42 Å². The summed E-state index contributed by atoms with van der Waals surface area (Å²) in [5, 5.41) is 0. The number of rotatable bonds is 3. The van der Waals surface area contributed by atoms with Crippen molar-refractivity contribution in [3.63, 3.8) is 0 Å².